The highest BCUT2D eigenvalue weighted by atomic mass is 16.4. The number of carbonyl (C=O) groups excluding carboxylic acids is 1. The minimum absolute atomic E-state index is 0.285. The summed E-state index contributed by atoms with van der Waals surface area (Å²) in [6, 6.07) is 9.04. The van der Waals surface area contributed by atoms with E-state index in [1.54, 1.807) is 18.2 Å². The fourth-order valence-corrected chi connectivity index (χ4v) is 1.23. The predicted molar refractivity (Wildman–Crippen MR) is 55.0 cm³/mol. The normalized spacial score (nSPS) is 11.4. The first-order chi connectivity index (χ1) is 6.75. The number of allylic oxidation sites excluding steroid dienone is 1. The summed E-state index contributed by atoms with van der Waals surface area (Å²) in [5.41, 5.74) is 0.994. The summed E-state index contributed by atoms with van der Waals surface area (Å²) in [4.78, 5) is 10.8. The minimum Gasteiger partial charge on any atom is -0.241 e. The van der Waals surface area contributed by atoms with E-state index in [0.29, 0.717) is 5.56 Å². The molecule has 0 aromatic heterocycles. The molecule has 1 aromatic rings. The Bertz CT molecular complexity index is 325. The van der Waals surface area contributed by atoms with Crippen LogP contribution in [-0.2, 0) is 9.90 Å². The lowest BCUT2D eigenvalue weighted by molar-refractivity contribution is -0.136. The molecule has 2 heteroatoms. The van der Waals surface area contributed by atoms with E-state index in [2.05, 4.69) is 0 Å². The largest absolute Gasteiger partial charge is 0.386 e. The van der Waals surface area contributed by atoms with E-state index in [1.165, 1.54) is 0 Å². The second kappa shape index (κ2) is 5.22. The molecule has 0 saturated carbocycles. The third kappa shape index (κ3) is 2.73. The molecule has 0 bridgehead atoms. The standard InChI is InChI=1S/C12H13O2/c1-2-3-9-11(12(13)14)10-7-5-4-6-8-10/h4-9H,2-3H2,1H3/b11-9+. The Morgan fingerprint density at radius 3 is 2.43 bits per heavy atom. The van der Waals surface area contributed by atoms with Gasteiger partial charge in [-0.15, -0.1) is 0 Å². The molecule has 0 unspecified atom stereocenters. The van der Waals surface area contributed by atoms with Crippen molar-refractivity contribution in [3.05, 3.63) is 42.0 Å². The number of unbranched alkanes of at least 4 members (excludes halogenated alkanes) is 1. The average Bonchev–Trinajstić information content (AvgIpc) is 2.19. The lowest BCUT2D eigenvalue weighted by Gasteiger charge is -1.99. The van der Waals surface area contributed by atoms with Crippen molar-refractivity contribution in [2.75, 3.05) is 0 Å². The molecule has 0 aliphatic carbocycles. The SMILES string of the molecule is CCC/C=C(/C([O])=O)c1ccccc1. The third-order valence-electron chi connectivity index (χ3n) is 1.94. The van der Waals surface area contributed by atoms with Crippen molar-refractivity contribution >= 4 is 11.5 Å². The maximum atomic E-state index is 10.8. The first-order valence-corrected chi connectivity index (χ1v) is 4.72. The van der Waals surface area contributed by atoms with Gasteiger partial charge in [0.05, 0.1) is 5.57 Å². The summed E-state index contributed by atoms with van der Waals surface area (Å²) in [6.07, 6.45) is 3.41. The molecular formula is C12H13O2. The summed E-state index contributed by atoms with van der Waals surface area (Å²) < 4.78 is 0. The highest BCUT2D eigenvalue weighted by Gasteiger charge is 2.10. The van der Waals surface area contributed by atoms with Crippen LogP contribution in [0.4, 0.5) is 0 Å². The molecule has 1 radical (unpaired) electrons. The molecule has 73 valence electrons. The summed E-state index contributed by atoms with van der Waals surface area (Å²) in [5.74, 6) is -1.11. The Hall–Kier alpha value is -1.57. The Morgan fingerprint density at radius 1 is 1.29 bits per heavy atom. The van der Waals surface area contributed by atoms with Crippen molar-refractivity contribution in [2.24, 2.45) is 0 Å². The predicted octanol–water partition coefficient (Wildman–Crippen LogP) is 2.83. The number of hydrogen-bond acceptors (Lipinski definition) is 1. The minimum atomic E-state index is -1.11. The van der Waals surface area contributed by atoms with E-state index >= 15 is 0 Å². The first-order valence-electron chi connectivity index (χ1n) is 4.72. The van der Waals surface area contributed by atoms with Gasteiger partial charge in [0, 0.05) is 0 Å². The smallest absolute Gasteiger partial charge is 0.241 e. The zero-order chi connectivity index (χ0) is 10.4. The van der Waals surface area contributed by atoms with E-state index in [0.717, 1.165) is 12.8 Å². The molecule has 0 fully saturated rings. The van der Waals surface area contributed by atoms with E-state index in [9.17, 15) is 9.90 Å². The van der Waals surface area contributed by atoms with Crippen LogP contribution in [-0.4, -0.2) is 5.97 Å². The molecular weight excluding hydrogens is 176 g/mol. The van der Waals surface area contributed by atoms with Gasteiger partial charge in [-0.1, -0.05) is 49.8 Å². The molecule has 0 heterocycles. The number of hydrogen-bond donors (Lipinski definition) is 0. The summed E-state index contributed by atoms with van der Waals surface area (Å²) in [7, 11) is 0. The van der Waals surface area contributed by atoms with Crippen molar-refractivity contribution in [1.29, 1.82) is 0 Å². The van der Waals surface area contributed by atoms with Crippen LogP contribution in [0.15, 0.2) is 36.4 Å². The van der Waals surface area contributed by atoms with Gasteiger partial charge in [-0.05, 0) is 12.0 Å². The topological polar surface area (TPSA) is 37.0 Å². The number of benzene rings is 1. The molecule has 2 nitrogen and oxygen atoms in total. The zero-order valence-electron chi connectivity index (χ0n) is 8.19. The molecule has 0 saturated heterocycles. The molecule has 0 aliphatic rings. The van der Waals surface area contributed by atoms with E-state index in [4.69, 9.17) is 0 Å². The van der Waals surface area contributed by atoms with Crippen LogP contribution in [0, 0.1) is 0 Å². The van der Waals surface area contributed by atoms with E-state index < -0.39 is 5.97 Å². The van der Waals surface area contributed by atoms with Crippen LogP contribution in [0.2, 0.25) is 0 Å². The van der Waals surface area contributed by atoms with Gasteiger partial charge in [0.1, 0.15) is 0 Å². The van der Waals surface area contributed by atoms with Crippen molar-refractivity contribution < 1.29 is 9.90 Å². The molecule has 14 heavy (non-hydrogen) atoms. The van der Waals surface area contributed by atoms with Crippen molar-refractivity contribution in [1.82, 2.24) is 0 Å². The van der Waals surface area contributed by atoms with Gasteiger partial charge in [0.2, 0.25) is 0 Å². The van der Waals surface area contributed by atoms with Crippen LogP contribution >= 0.6 is 0 Å². The molecule has 1 aromatic carbocycles. The fourth-order valence-electron chi connectivity index (χ4n) is 1.23. The highest BCUT2D eigenvalue weighted by molar-refractivity contribution is 6.15. The average molecular weight is 189 g/mol. The first kappa shape index (κ1) is 10.5. The summed E-state index contributed by atoms with van der Waals surface area (Å²) in [6.45, 7) is 2.01. The van der Waals surface area contributed by atoms with Gasteiger partial charge in [-0.3, -0.25) is 0 Å². The Morgan fingerprint density at radius 2 is 1.93 bits per heavy atom. The van der Waals surface area contributed by atoms with Crippen LogP contribution in [0.5, 0.6) is 0 Å². The third-order valence-corrected chi connectivity index (χ3v) is 1.94. The second-order valence-corrected chi connectivity index (χ2v) is 3.06. The monoisotopic (exact) mass is 189 g/mol. The van der Waals surface area contributed by atoms with Crippen LogP contribution in [0.1, 0.15) is 25.3 Å². The van der Waals surface area contributed by atoms with Crippen LogP contribution < -0.4 is 0 Å². The van der Waals surface area contributed by atoms with Gasteiger partial charge >= 0.3 is 5.97 Å². The van der Waals surface area contributed by atoms with Crippen LogP contribution in [0.25, 0.3) is 5.57 Å². The van der Waals surface area contributed by atoms with Gasteiger partial charge < -0.3 is 0 Å². The van der Waals surface area contributed by atoms with Gasteiger partial charge in [0.15, 0.2) is 0 Å². The molecule has 0 aliphatic heterocycles. The van der Waals surface area contributed by atoms with Gasteiger partial charge in [-0.2, -0.15) is 0 Å². The van der Waals surface area contributed by atoms with Crippen molar-refractivity contribution in [2.45, 2.75) is 19.8 Å². The summed E-state index contributed by atoms with van der Waals surface area (Å²) >= 11 is 0. The lowest BCUT2D eigenvalue weighted by atomic mass is 10.0. The molecule has 0 spiro atoms. The fraction of sp³-hybridized carbons (Fsp3) is 0.250. The Labute approximate surface area is 83.9 Å². The van der Waals surface area contributed by atoms with Crippen molar-refractivity contribution in [3.63, 3.8) is 0 Å². The second-order valence-electron chi connectivity index (χ2n) is 3.06. The van der Waals surface area contributed by atoms with Gasteiger partial charge in [-0.25, -0.2) is 9.90 Å². The maximum absolute atomic E-state index is 10.8. The number of carbonyl (C=O) groups is 1. The quantitative estimate of drug-likeness (QED) is 0.671. The Kier molecular flexibility index (Phi) is 3.92. The highest BCUT2D eigenvalue weighted by Crippen LogP contribution is 2.15. The molecule has 0 amide bonds. The van der Waals surface area contributed by atoms with Gasteiger partial charge in [0.25, 0.3) is 0 Å². The zero-order valence-corrected chi connectivity index (χ0v) is 8.19. The molecule has 0 N–H and O–H groups in total. The van der Waals surface area contributed by atoms with Crippen LogP contribution in [0.3, 0.4) is 0 Å². The Balaban J connectivity index is 2.95. The van der Waals surface area contributed by atoms with E-state index in [1.807, 2.05) is 25.1 Å². The maximum Gasteiger partial charge on any atom is 0.386 e. The number of rotatable bonds is 4. The van der Waals surface area contributed by atoms with Crippen molar-refractivity contribution in [3.8, 4) is 0 Å². The van der Waals surface area contributed by atoms with E-state index in [-0.39, 0.29) is 5.57 Å². The molecule has 1 rings (SSSR count). The summed E-state index contributed by atoms with van der Waals surface area (Å²) in [5, 5.41) is 10.8. The lowest BCUT2D eigenvalue weighted by Crippen LogP contribution is -1.97. The molecule has 0 atom stereocenters.